The van der Waals surface area contributed by atoms with Crippen LogP contribution in [0, 0.1) is 23.7 Å². The Labute approximate surface area is 132 Å². The van der Waals surface area contributed by atoms with Crippen molar-refractivity contribution in [2.24, 2.45) is 23.7 Å². The number of rotatable bonds is 1. The van der Waals surface area contributed by atoms with Crippen LogP contribution in [0.1, 0.15) is 19.3 Å². The Morgan fingerprint density at radius 1 is 1.00 bits per heavy atom. The molecule has 2 saturated carbocycles. The van der Waals surface area contributed by atoms with Gasteiger partial charge in [-0.2, -0.15) is 0 Å². The highest BCUT2D eigenvalue weighted by Gasteiger charge is 2.61. The van der Waals surface area contributed by atoms with Crippen LogP contribution in [0.15, 0.2) is 12.1 Å². The van der Waals surface area contributed by atoms with E-state index in [2.05, 4.69) is 0 Å². The fourth-order valence-electron chi connectivity index (χ4n) is 4.39. The third-order valence-electron chi connectivity index (χ3n) is 5.24. The minimum Gasteiger partial charge on any atom is -0.397 e. The van der Waals surface area contributed by atoms with Crippen LogP contribution in [0.4, 0.5) is 11.4 Å². The molecule has 0 unspecified atom stereocenters. The van der Waals surface area contributed by atoms with E-state index in [4.69, 9.17) is 28.9 Å². The standard InChI is InChI=1S/C15H14Cl2N2O2/c16-8-4-10(18)11(5-9(8)17)19-14(20)12-6-1-2-7(3-6)13(12)15(19)21/h4-7,12-13H,1-3,18H2/t6-,7+,12-,13+. The van der Waals surface area contributed by atoms with Gasteiger partial charge < -0.3 is 5.73 Å². The van der Waals surface area contributed by atoms with E-state index in [0.717, 1.165) is 19.3 Å². The molecule has 0 radical (unpaired) electrons. The molecule has 2 aliphatic carbocycles. The average molecular weight is 325 g/mol. The van der Waals surface area contributed by atoms with Gasteiger partial charge in [0.05, 0.1) is 33.3 Å². The van der Waals surface area contributed by atoms with Gasteiger partial charge >= 0.3 is 0 Å². The van der Waals surface area contributed by atoms with Crippen LogP contribution in [-0.4, -0.2) is 11.8 Å². The molecule has 2 amide bonds. The van der Waals surface area contributed by atoms with Gasteiger partial charge in [0, 0.05) is 0 Å². The zero-order chi connectivity index (χ0) is 14.9. The summed E-state index contributed by atoms with van der Waals surface area (Å²) in [6, 6.07) is 3.00. The van der Waals surface area contributed by atoms with Gasteiger partial charge in [-0.15, -0.1) is 0 Å². The van der Waals surface area contributed by atoms with E-state index in [1.54, 1.807) is 0 Å². The molecule has 21 heavy (non-hydrogen) atoms. The van der Waals surface area contributed by atoms with Crippen LogP contribution in [0.5, 0.6) is 0 Å². The molecule has 1 saturated heterocycles. The maximum atomic E-state index is 12.7. The summed E-state index contributed by atoms with van der Waals surface area (Å²) < 4.78 is 0. The van der Waals surface area contributed by atoms with E-state index >= 15 is 0 Å². The van der Waals surface area contributed by atoms with Gasteiger partial charge in [0.25, 0.3) is 0 Å². The number of hydrogen-bond acceptors (Lipinski definition) is 3. The van der Waals surface area contributed by atoms with Crippen molar-refractivity contribution in [1.29, 1.82) is 0 Å². The number of fused-ring (bicyclic) bond motifs is 5. The van der Waals surface area contributed by atoms with Crippen LogP contribution in [0.3, 0.4) is 0 Å². The van der Waals surface area contributed by atoms with E-state index < -0.39 is 0 Å². The fourth-order valence-corrected chi connectivity index (χ4v) is 4.72. The number of nitrogen functional groups attached to an aromatic ring is 1. The van der Waals surface area contributed by atoms with E-state index in [1.165, 1.54) is 17.0 Å². The normalized spacial score (nSPS) is 33.9. The number of nitrogens with two attached hydrogens (primary N) is 1. The van der Waals surface area contributed by atoms with E-state index in [1.807, 2.05) is 0 Å². The highest BCUT2D eigenvalue weighted by molar-refractivity contribution is 6.42. The van der Waals surface area contributed by atoms with Gasteiger partial charge in [-0.1, -0.05) is 23.2 Å². The summed E-state index contributed by atoms with van der Waals surface area (Å²) in [7, 11) is 0. The summed E-state index contributed by atoms with van der Waals surface area (Å²) in [6.07, 6.45) is 3.11. The Hall–Kier alpha value is -1.26. The molecule has 1 aromatic carbocycles. The third-order valence-corrected chi connectivity index (χ3v) is 5.96. The summed E-state index contributed by atoms with van der Waals surface area (Å²) in [5, 5.41) is 0.610. The zero-order valence-corrected chi connectivity index (χ0v) is 12.7. The summed E-state index contributed by atoms with van der Waals surface area (Å²) in [6.45, 7) is 0. The molecule has 110 valence electrons. The van der Waals surface area contributed by atoms with Crippen molar-refractivity contribution in [3.8, 4) is 0 Å². The molecule has 1 heterocycles. The molecular weight excluding hydrogens is 311 g/mol. The van der Waals surface area contributed by atoms with Crippen molar-refractivity contribution in [2.75, 3.05) is 10.6 Å². The lowest BCUT2D eigenvalue weighted by Crippen LogP contribution is -2.33. The number of imide groups is 1. The van der Waals surface area contributed by atoms with Crippen molar-refractivity contribution in [3.63, 3.8) is 0 Å². The molecule has 3 aliphatic rings. The van der Waals surface area contributed by atoms with Gasteiger partial charge in [-0.25, -0.2) is 4.90 Å². The summed E-state index contributed by atoms with van der Waals surface area (Å²) in [4.78, 5) is 26.7. The van der Waals surface area contributed by atoms with E-state index in [-0.39, 0.29) is 23.7 Å². The van der Waals surface area contributed by atoms with Crippen LogP contribution in [-0.2, 0) is 9.59 Å². The summed E-state index contributed by atoms with van der Waals surface area (Å²) in [5.41, 5.74) is 6.61. The second-order valence-corrected chi connectivity index (χ2v) is 7.04. The SMILES string of the molecule is Nc1cc(Cl)c(Cl)cc1N1C(=O)[C@@H]2[C@@H]3CC[C@@H](C3)[C@@H]2C1=O. The first kappa shape index (κ1) is 13.4. The number of benzene rings is 1. The molecule has 4 nitrogen and oxygen atoms in total. The maximum Gasteiger partial charge on any atom is 0.238 e. The highest BCUT2D eigenvalue weighted by Crippen LogP contribution is 2.57. The smallest absolute Gasteiger partial charge is 0.238 e. The van der Waals surface area contributed by atoms with Crippen LogP contribution < -0.4 is 10.6 Å². The Morgan fingerprint density at radius 3 is 2.10 bits per heavy atom. The quantitative estimate of drug-likeness (QED) is 0.637. The largest absolute Gasteiger partial charge is 0.397 e. The Balaban J connectivity index is 1.79. The van der Waals surface area contributed by atoms with Crippen molar-refractivity contribution in [1.82, 2.24) is 0 Å². The Morgan fingerprint density at radius 2 is 1.52 bits per heavy atom. The number of amides is 2. The van der Waals surface area contributed by atoms with Gasteiger partial charge in [0.15, 0.2) is 0 Å². The molecular formula is C15H14Cl2N2O2. The number of nitrogens with zero attached hydrogens (tertiary/aromatic N) is 1. The number of carbonyl (C=O) groups is 2. The fraction of sp³-hybridized carbons (Fsp3) is 0.467. The second kappa shape index (κ2) is 4.37. The molecule has 0 spiro atoms. The zero-order valence-electron chi connectivity index (χ0n) is 11.2. The first-order valence-corrected chi connectivity index (χ1v) is 7.87. The maximum absolute atomic E-state index is 12.7. The molecule has 1 aromatic rings. The second-order valence-electron chi connectivity index (χ2n) is 6.22. The predicted octanol–water partition coefficient (Wildman–Crippen LogP) is 3.11. The van der Waals surface area contributed by atoms with Crippen molar-refractivity contribution in [3.05, 3.63) is 22.2 Å². The first-order valence-electron chi connectivity index (χ1n) is 7.11. The highest BCUT2D eigenvalue weighted by atomic mass is 35.5. The molecule has 1 aliphatic heterocycles. The van der Waals surface area contributed by atoms with Crippen LogP contribution >= 0.6 is 23.2 Å². The first-order chi connectivity index (χ1) is 9.99. The number of halogens is 2. The molecule has 6 heteroatoms. The van der Waals surface area contributed by atoms with Crippen LogP contribution in [0.25, 0.3) is 0 Å². The topological polar surface area (TPSA) is 63.4 Å². The number of anilines is 2. The lowest BCUT2D eigenvalue weighted by atomic mass is 9.81. The van der Waals surface area contributed by atoms with Gasteiger partial charge in [0.1, 0.15) is 0 Å². The molecule has 4 atom stereocenters. The van der Waals surface area contributed by atoms with Crippen LogP contribution in [0.2, 0.25) is 10.0 Å². The van der Waals surface area contributed by atoms with E-state index in [0.29, 0.717) is 33.3 Å². The Bertz CT molecular complexity index is 648. The van der Waals surface area contributed by atoms with Crippen molar-refractivity contribution >= 4 is 46.4 Å². The number of hydrogen-bond donors (Lipinski definition) is 1. The van der Waals surface area contributed by atoms with Crippen molar-refractivity contribution < 1.29 is 9.59 Å². The molecule has 3 fully saturated rings. The lowest BCUT2D eigenvalue weighted by molar-refractivity contribution is -0.123. The molecule has 4 rings (SSSR count). The van der Waals surface area contributed by atoms with Gasteiger partial charge in [-0.05, 0) is 43.2 Å². The van der Waals surface area contributed by atoms with Gasteiger partial charge in [0.2, 0.25) is 11.8 Å². The summed E-state index contributed by atoms with van der Waals surface area (Å²) in [5.74, 6) is 0.135. The Kier molecular flexibility index (Phi) is 2.79. The molecule has 0 aromatic heterocycles. The van der Waals surface area contributed by atoms with Gasteiger partial charge in [-0.3, -0.25) is 9.59 Å². The van der Waals surface area contributed by atoms with E-state index in [9.17, 15) is 9.59 Å². The predicted molar refractivity (Wildman–Crippen MR) is 81.2 cm³/mol. The van der Waals surface area contributed by atoms with Crippen molar-refractivity contribution in [2.45, 2.75) is 19.3 Å². The minimum absolute atomic E-state index is 0.123. The molecule has 2 bridgehead atoms. The summed E-state index contributed by atoms with van der Waals surface area (Å²) >= 11 is 11.9. The average Bonchev–Trinajstić information content (AvgIpc) is 3.09. The number of carbonyl (C=O) groups excluding carboxylic acids is 2. The lowest BCUT2D eigenvalue weighted by Gasteiger charge is -2.19. The monoisotopic (exact) mass is 324 g/mol. The molecule has 2 N–H and O–H groups in total. The minimum atomic E-state index is -0.162. The third kappa shape index (κ3) is 1.69.